The van der Waals surface area contributed by atoms with Crippen LogP contribution in [0.5, 0.6) is 11.5 Å². The van der Waals surface area contributed by atoms with E-state index in [-0.39, 0.29) is 6.79 Å². The molecule has 0 aromatic heterocycles. The summed E-state index contributed by atoms with van der Waals surface area (Å²) in [7, 11) is 0. The molecule has 0 fully saturated rings. The van der Waals surface area contributed by atoms with Gasteiger partial charge in [0.1, 0.15) is 0 Å². The molecule has 0 spiro atoms. The lowest BCUT2D eigenvalue weighted by molar-refractivity contribution is 0.173. The fourth-order valence-corrected chi connectivity index (χ4v) is 2.13. The van der Waals surface area contributed by atoms with Gasteiger partial charge in [0, 0.05) is 11.1 Å². The second-order valence-corrected chi connectivity index (χ2v) is 4.00. The third kappa shape index (κ3) is 1.90. The number of nitrogens with two attached hydrogens (primary N) is 1. The van der Waals surface area contributed by atoms with Crippen molar-refractivity contribution < 1.29 is 9.47 Å². The molecule has 2 N–H and O–H groups in total. The molecule has 3 nitrogen and oxygen atoms in total. The Morgan fingerprint density at radius 1 is 1.47 bits per heavy atom. The first-order valence-corrected chi connectivity index (χ1v) is 5.39. The van der Waals surface area contributed by atoms with E-state index in [1.165, 1.54) is 0 Å². The Labute approximate surface area is 94.1 Å². The van der Waals surface area contributed by atoms with Crippen LogP contribution in [0.1, 0.15) is 17.5 Å². The zero-order valence-corrected chi connectivity index (χ0v) is 9.43. The molecule has 1 aliphatic rings. The van der Waals surface area contributed by atoms with E-state index < -0.39 is 0 Å². The third-order valence-electron chi connectivity index (χ3n) is 2.61. The first-order valence-electron chi connectivity index (χ1n) is 5.01. The van der Waals surface area contributed by atoms with Crippen molar-refractivity contribution in [3.8, 4) is 11.5 Å². The van der Waals surface area contributed by atoms with E-state index in [4.69, 9.17) is 26.8 Å². The summed E-state index contributed by atoms with van der Waals surface area (Å²) in [4.78, 5) is 0. The fraction of sp³-hybridized carbons (Fsp3) is 0.455. The Bertz CT molecular complexity index is 379. The molecular formula is C11H14ClNO2. The van der Waals surface area contributed by atoms with Gasteiger partial charge in [0.15, 0.2) is 11.5 Å². The molecule has 0 unspecified atom stereocenters. The molecule has 0 radical (unpaired) electrons. The van der Waals surface area contributed by atoms with Crippen LogP contribution < -0.4 is 15.2 Å². The summed E-state index contributed by atoms with van der Waals surface area (Å²) in [5, 5.41) is 0.741. The van der Waals surface area contributed by atoms with Crippen LogP contribution in [-0.4, -0.2) is 13.3 Å². The number of rotatable bonds is 3. The van der Waals surface area contributed by atoms with E-state index in [0.717, 1.165) is 40.5 Å². The van der Waals surface area contributed by atoms with Crippen LogP contribution in [-0.2, 0) is 6.42 Å². The van der Waals surface area contributed by atoms with Gasteiger partial charge in [-0.2, -0.15) is 0 Å². The summed E-state index contributed by atoms with van der Waals surface area (Å²) in [5.74, 6) is 1.57. The topological polar surface area (TPSA) is 44.5 Å². The van der Waals surface area contributed by atoms with Gasteiger partial charge in [-0.3, -0.25) is 0 Å². The highest BCUT2D eigenvalue weighted by Crippen LogP contribution is 2.41. The maximum atomic E-state index is 6.17. The van der Waals surface area contributed by atoms with Crippen molar-refractivity contribution in [2.45, 2.75) is 19.8 Å². The van der Waals surface area contributed by atoms with Crippen molar-refractivity contribution in [1.82, 2.24) is 0 Å². The van der Waals surface area contributed by atoms with Gasteiger partial charge in [-0.25, -0.2) is 0 Å². The van der Waals surface area contributed by atoms with Gasteiger partial charge < -0.3 is 15.2 Å². The van der Waals surface area contributed by atoms with Crippen molar-refractivity contribution in [2.75, 3.05) is 13.3 Å². The normalized spacial score (nSPS) is 13.3. The van der Waals surface area contributed by atoms with Crippen molar-refractivity contribution in [3.05, 3.63) is 22.2 Å². The average Bonchev–Trinajstić information content (AvgIpc) is 2.65. The Morgan fingerprint density at radius 2 is 2.27 bits per heavy atom. The lowest BCUT2D eigenvalue weighted by Crippen LogP contribution is -2.02. The molecule has 82 valence electrons. The third-order valence-corrected chi connectivity index (χ3v) is 2.95. The second kappa shape index (κ2) is 4.29. The van der Waals surface area contributed by atoms with E-state index in [1.807, 2.05) is 13.0 Å². The monoisotopic (exact) mass is 227 g/mol. The number of benzene rings is 1. The highest BCUT2D eigenvalue weighted by Gasteiger charge is 2.20. The van der Waals surface area contributed by atoms with Gasteiger partial charge >= 0.3 is 0 Å². The van der Waals surface area contributed by atoms with Gasteiger partial charge in [0.05, 0.1) is 0 Å². The van der Waals surface area contributed by atoms with E-state index in [0.29, 0.717) is 6.54 Å². The van der Waals surface area contributed by atoms with Crippen molar-refractivity contribution in [1.29, 1.82) is 0 Å². The molecule has 4 heteroatoms. The van der Waals surface area contributed by atoms with Crippen molar-refractivity contribution in [2.24, 2.45) is 5.73 Å². The number of ether oxygens (including phenoxy) is 2. The van der Waals surface area contributed by atoms with Gasteiger partial charge in [0.2, 0.25) is 6.79 Å². The van der Waals surface area contributed by atoms with E-state index in [2.05, 4.69) is 0 Å². The van der Waals surface area contributed by atoms with Crippen LogP contribution >= 0.6 is 11.6 Å². The maximum Gasteiger partial charge on any atom is 0.231 e. The predicted octanol–water partition coefficient (Wildman–Crippen LogP) is 2.27. The Balaban J connectivity index is 2.37. The molecule has 0 amide bonds. The summed E-state index contributed by atoms with van der Waals surface area (Å²) < 4.78 is 10.7. The minimum absolute atomic E-state index is 0.285. The SMILES string of the molecule is Cc1c(CCCN)c(Cl)cc2c1OCO2. The number of hydrogen-bond acceptors (Lipinski definition) is 3. The minimum Gasteiger partial charge on any atom is -0.454 e. The molecule has 15 heavy (non-hydrogen) atoms. The van der Waals surface area contributed by atoms with Gasteiger partial charge in [-0.05, 0) is 37.4 Å². The molecule has 0 saturated carbocycles. The number of fused-ring (bicyclic) bond motifs is 1. The molecule has 2 rings (SSSR count). The van der Waals surface area contributed by atoms with E-state index in [9.17, 15) is 0 Å². The summed E-state index contributed by atoms with van der Waals surface area (Å²) in [6, 6.07) is 1.82. The first-order chi connectivity index (χ1) is 7.24. The zero-order valence-electron chi connectivity index (χ0n) is 8.68. The largest absolute Gasteiger partial charge is 0.454 e. The van der Waals surface area contributed by atoms with Crippen LogP contribution in [0.4, 0.5) is 0 Å². The van der Waals surface area contributed by atoms with Crippen molar-refractivity contribution >= 4 is 11.6 Å². The highest BCUT2D eigenvalue weighted by atomic mass is 35.5. The molecule has 1 heterocycles. The highest BCUT2D eigenvalue weighted by molar-refractivity contribution is 6.31. The van der Waals surface area contributed by atoms with Gasteiger partial charge in [-0.1, -0.05) is 11.6 Å². The number of halogens is 1. The van der Waals surface area contributed by atoms with E-state index in [1.54, 1.807) is 0 Å². The predicted molar refractivity (Wildman–Crippen MR) is 59.7 cm³/mol. The standard InChI is InChI=1S/C11H14ClNO2/c1-7-8(3-2-4-13)9(12)5-10-11(7)15-6-14-10/h5H,2-4,6,13H2,1H3. The quantitative estimate of drug-likeness (QED) is 0.862. The molecule has 0 saturated heterocycles. The summed E-state index contributed by atoms with van der Waals surface area (Å²) in [6.45, 7) is 2.96. The molecule has 1 aromatic rings. The lowest BCUT2D eigenvalue weighted by Gasteiger charge is -2.10. The maximum absolute atomic E-state index is 6.17. The lowest BCUT2D eigenvalue weighted by atomic mass is 10.0. The zero-order chi connectivity index (χ0) is 10.8. The Morgan fingerprint density at radius 3 is 3.00 bits per heavy atom. The smallest absolute Gasteiger partial charge is 0.231 e. The summed E-state index contributed by atoms with van der Waals surface area (Å²) in [5.41, 5.74) is 7.68. The van der Waals surface area contributed by atoms with Crippen LogP contribution in [0.2, 0.25) is 5.02 Å². The Kier molecular flexibility index (Phi) is 3.03. The summed E-state index contributed by atoms with van der Waals surface area (Å²) in [6.07, 6.45) is 1.82. The van der Waals surface area contributed by atoms with Gasteiger partial charge in [0.25, 0.3) is 0 Å². The summed E-state index contributed by atoms with van der Waals surface area (Å²) >= 11 is 6.17. The molecule has 1 aromatic carbocycles. The fourth-order valence-electron chi connectivity index (χ4n) is 1.79. The second-order valence-electron chi connectivity index (χ2n) is 3.59. The van der Waals surface area contributed by atoms with Crippen LogP contribution in [0.25, 0.3) is 0 Å². The van der Waals surface area contributed by atoms with Gasteiger partial charge in [-0.15, -0.1) is 0 Å². The first kappa shape index (κ1) is 10.6. The minimum atomic E-state index is 0.285. The molecule has 1 aliphatic heterocycles. The van der Waals surface area contributed by atoms with E-state index >= 15 is 0 Å². The number of hydrogen-bond donors (Lipinski definition) is 1. The average molecular weight is 228 g/mol. The van der Waals surface area contributed by atoms with Crippen LogP contribution in [0.15, 0.2) is 6.07 Å². The Hall–Kier alpha value is -0.930. The molecule has 0 bridgehead atoms. The molecule has 0 aliphatic carbocycles. The molecular weight excluding hydrogens is 214 g/mol. The van der Waals surface area contributed by atoms with Crippen molar-refractivity contribution in [3.63, 3.8) is 0 Å². The van der Waals surface area contributed by atoms with Crippen LogP contribution in [0.3, 0.4) is 0 Å². The molecule has 0 atom stereocenters. The van der Waals surface area contributed by atoms with Crippen LogP contribution in [0, 0.1) is 6.92 Å².